The van der Waals surface area contributed by atoms with Crippen LogP contribution in [-0.4, -0.2) is 42.1 Å². The van der Waals surface area contributed by atoms with Gasteiger partial charge in [0.15, 0.2) is 0 Å². The quantitative estimate of drug-likeness (QED) is 0.742. The zero-order valence-corrected chi connectivity index (χ0v) is 12.7. The summed E-state index contributed by atoms with van der Waals surface area (Å²) in [5.41, 5.74) is 6.41. The highest BCUT2D eigenvalue weighted by molar-refractivity contribution is 7.98. The van der Waals surface area contributed by atoms with Gasteiger partial charge in [0.25, 0.3) is 0 Å². The van der Waals surface area contributed by atoms with Crippen molar-refractivity contribution >= 4 is 11.8 Å². The number of hydrogen-bond donors (Lipinski definition) is 1. The second-order valence-corrected chi connectivity index (χ2v) is 6.57. The van der Waals surface area contributed by atoms with E-state index in [1.54, 1.807) is 0 Å². The molecule has 0 aromatic heterocycles. The van der Waals surface area contributed by atoms with E-state index in [1.165, 1.54) is 50.7 Å². The fraction of sp³-hybridized carbons (Fsp3) is 1.00. The zero-order valence-electron chi connectivity index (χ0n) is 11.9. The highest BCUT2D eigenvalue weighted by atomic mass is 32.2. The van der Waals surface area contributed by atoms with Crippen LogP contribution in [0.25, 0.3) is 0 Å². The van der Waals surface area contributed by atoms with Gasteiger partial charge in [0, 0.05) is 18.1 Å². The summed E-state index contributed by atoms with van der Waals surface area (Å²) in [6.07, 6.45) is 11.6. The lowest BCUT2D eigenvalue weighted by atomic mass is 9.87. The lowest BCUT2D eigenvalue weighted by molar-refractivity contribution is 0.0683. The molecule has 3 heteroatoms. The minimum Gasteiger partial charge on any atom is -0.329 e. The smallest absolute Gasteiger partial charge is 0.0331 e. The second-order valence-electron chi connectivity index (χ2n) is 5.58. The maximum Gasteiger partial charge on any atom is 0.0331 e. The average molecular weight is 258 g/mol. The van der Waals surface area contributed by atoms with Gasteiger partial charge in [-0.3, -0.25) is 4.90 Å². The first kappa shape index (κ1) is 15.3. The monoisotopic (exact) mass is 258 g/mol. The molecule has 1 saturated carbocycles. The van der Waals surface area contributed by atoms with Crippen LogP contribution >= 0.6 is 11.8 Å². The van der Waals surface area contributed by atoms with Crippen LogP contribution in [0.3, 0.4) is 0 Å². The predicted molar refractivity (Wildman–Crippen MR) is 79.7 cm³/mol. The molecule has 0 spiro atoms. The Morgan fingerprint density at radius 1 is 1.24 bits per heavy atom. The summed E-state index contributed by atoms with van der Waals surface area (Å²) in [5, 5.41) is 0. The number of hydrogen-bond acceptors (Lipinski definition) is 3. The largest absolute Gasteiger partial charge is 0.329 e. The highest BCUT2D eigenvalue weighted by Crippen LogP contribution is 2.32. The van der Waals surface area contributed by atoms with Crippen molar-refractivity contribution in [3.05, 3.63) is 0 Å². The molecule has 0 aliphatic heterocycles. The number of nitrogens with zero attached hydrogens (tertiary/aromatic N) is 1. The van der Waals surface area contributed by atoms with Crippen LogP contribution in [0.1, 0.15) is 51.9 Å². The standard InChI is InChI=1S/C14H30N2S/c1-13(8-11-17-3)16(2)14(12-15)9-6-4-5-7-10-14/h13H,4-12,15H2,1-3H3. The Balaban J connectivity index is 2.62. The van der Waals surface area contributed by atoms with Crippen molar-refractivity contribution in [2.24, 2.45) is 5.73 Å². The molecule has 1 rings (SSSR count). The Bertz CT molecular complexity index is 200. The molecule has 0 heterocycles. The van der Waals surface area contributed by atoms with Gasteiger partial charge in [-0.05, 0) is 45.2 Å². The molecular formula is C14H30N2S. The number of nitrogens with two attached hydrogens (primary N) is 1. The number of thioether (sulfide) groups is 1. The maximum absolute atomic E-state index is 6.13. The van der Waals surface area contributed by atoms with Gasteiger partial charge in [-0.15, -0.1) is 0 Å². The summed E-state index contributed by atoms with van der Waals surface area (Å²) < 4.78 is 0. The van der Waals surface area contributed by atoms with Crippen LogP contribution in [0.2, 0.25) is 0 Å². The molecule has 0 bridgehead atoms. The molecule has 0 saturated heterocycles. The van der Waals surface area contributed by atoms with Crippen LogP contribution in [-0.2, 0) is 0 Å². The topological polar surface area (TPSA) is 29.3 Å². The SMILES string of the molecule is CSCCC(C)N(C)C1(CN)CCCCCC1. The summed E-state index contributed by atoms with van der Waals surface area (Å²) in [7, 11) is 2.29. The van der Waals surface area contributed by atoms with Gasteiger partial charge in [0.2, 0.25) is 0 Å². The normalized spacial score (nSPS) is 22.4. The Morgan fingerprint density at radius 2 is 1.82 bits per heavy atom. The zero-order chi connectivity index (χ0) is 12.7. The predicted octanol–water partition coefficient (Wildman–Crippen LogP) is 3.11. The van der Waals surface area contributed by atoms with Gasteiger partial charge < -0.3 is 5.73 Å². The fourth-order valence-corrected chi connectivity index (χ4v) is 3.61. The Morgan fingerprint density at radius 3 is 2.29 bits per heavy atom. The molecule has 1 unspecified atom stereocenters. The van der Waals surface area contributed by atoms with E-state index in [0.29, 0.717) is 6.04 Å². The molecule has 0 amide bonds. The second kappa shape index (κ2) is 7.65. The van der Waals surface area contributed by atoms with Crippen LogP contribution in [0.5, 0.6) is 0 Å². The van der Waals surface area contributed by atoms with E-state index in [1.807, 2.05) is 11.8 Å². The minimum absolute atomic E-state index is 0.286. The summed E-state index contributed by atoms with van der Waals surface area (Å²) in [4.78, 5) is 2.59. The third-order valence-corrected chi connectivity index (χ3v) is 5.21. The lowest BCUT2D eigenvalue weighted by Gasteiger charge is -2.44. The average Bonchev–Trinajstić information content (AvgIpc) is 2.61. The van der Waals surface area contributed by atoms with Crippen LogP contribution < -0.4 is 5.73 Å². The van der Waals surface area contributed by atoms with Crippen molar-refractivity contribution in [3.63, 3.8) is 0 Å². The molecule has 2 N–H and O–H groups in total. The molecule has 1 fully saturated rings. The third-order valence-electron chi connectivity index (χ3n) is 4.56. The molecule has 17 heavy (non-hydrogen) atoms. The summed E-state index contributed by atoms with van der Waals surface area (Å²) in [6, 6.07) is 0.657. The highest BCUT2D eigenvalue weighted by Gasteiger charge is 2.35. The van der Waals surface area contributed by atoms with Crippen LogP contribution in [0, 0.1) is 0 Å². The molecule has 2 nitrogen and oxygen atoms in total. The van der Waals surface area contributed by atoms with Gasteiger partial charge in [-0.2, -0.15) is 11.8 Å². The molecule has 1 atom stereocenters. The van der Waals surface area contributed by atoms with Crippen molar-refractivity contribution in [2.45, 2.75) is 63.5 Å². The van der Waals surface area contributed by atoms with E-state index in [9.17, 15) is 0 Å². The Labute approximate surface area is 112 Å². The maximum atomic E-state index is 6.13. The van der Waals surface area contributed by atoms with E-state index >= 15 is 0 Å². The van der Waals surface area contributed by atoms with Crippen LogP contribution in [0.4, 0.5) is 0 Å². The first-order chi connectivity index (χ1) is 8.16. The molecular weight excluding hydrogens is 228 g/mol. The Hall–Kier alpha value is 0.270. The van der Waals surface area contributed by atoms with Crippen LogP contribution in [0.15, 0.2) is 0 Å². The van der Waals surface area contributed by atoms with Gasteiger partial charge >= 0.3 is 0 Å². The van der Waals surface area contributed by atoms with Crippen molar-refractivity contribution in [1.82, 2.24) is 4.90 Å². The number of likely N-dealkylation sites (N-methyl/N-ethyl adjacent to an activating group) is 1. The van der Waals surface area contributed by atoms with Crippen molar-refractivity contribution in [3.8, 4) is 0 Å². The molecule has 1 aliphatic rings. The van der Waals surface area contributed by atoms with Gasteiger partial charge in [0.1, 0.15) is 0 Å². The Kier molecular flexibility index (Phi) is 6.90. The van der Waals surface area contributed by atoms with E-state index < -0.39 is 0 Å². The minimum atomic E-state index is 0.286. The summed E-state index contributed by atoms with van der Waals surface area (Å²) >= 11 is 1.95. The first-order valence-corrected chi connectivity index (χ1v) is 8.47. The van der Waals surface area contributed by atoms with E-state index in [0.717, 1.165) is 6.54 Å². The molecule has 102 valence electrons. The van der Waals surface area contributed by atoms with Crippen molar-refractivity contribution in [1.29, 1.82) is 0 Å². The summed E-state index contributed by atoms with van der Waals surface area (Å²) in [6.45, 7) is 3.19. The fourth-order valence-electron chi connectivity index (χ4n) is 3.04. The molecule has 0 aromatic carbocycles. The molecule has 0 radical (unpaired) electrons. The van der Waals surface area contributed by atoms with Crippen molar-refractivity contribution in [2.75, 3.05) is 25.6 Å². The van der Waals surface area contributed by atoms with Gasteiger partial charge in [0.05, 0.1) is 0 Å². The first-order valence-electron chi connectivity index (χ1n) is 7.08. The van der Waals surface area contributed by atoms with E-state index in [4.69, 9.17) is 5.73 Å². The third kappa shape index (κ3) is 4.15. The molecule has 1 aliphatic carbocycles. The van der Waals surface area contributed by atoms with Crippen molar-refractivity contribution < 1.29 is 0 Å². The molecule has 0 aromatic rings. The lowest BCUT2D eigenvalue weighted by Crippen LogP contribution is -2.55. The van der Waals surface area contributed by atoms with Gasteiger partial charge in [-0.1, -0.05) is 25.7 Å². The van der Waals surface area contributed by atoms with E-state index in [-0.39, 0.29) is 5.54 Å². The van der Waals surface area contributed by atoms with Gasteiger partial charge in [-0.25, -0.2) is 0 Å². The van der Waals surface area contributed by atoms with E-state index in [2.05, 4.69) is 25.1 Å². The number of rotatable bonds is 6. The summed E-state index contributed by atoms with van der Waals surface area (Å²) in [5.74, 6) is 1.26.